The van der Waals surface area contributed by atoms with Crippen LogP contribution in [0.5, 0.6) is 0 Å². The zero-order chi connectivity index (χ0) is 11.1. The van der Waals surface area contributed by atoms with E-state index in [1.165, 1.54) is 0 Å². The van der Waals surface area contributed by atoms with Crippen LogP contribution in [-0.4, -0.2) is 24.1 Å². The van der Waals surface area contributed by atoms with Crippen LogP contribution in [0.25, 0.3) is 0 Å². The average molecular weight is 203 g/mol. The zero-order valence-corrected chi connectivity index (χ0v) is 7.11. The molecule has 0 fully saturated rings. The van der Waals surface area contributed by atoms with Gasteiger partial charge in [0.1, 0.15) is 0 Å². The predicted octanol–water partition coefficient (Wildman–Crippen LogP) is -0.539. The molecule has 0 aliphatic heterocycles. The van der Waals surface area contributed by atoms with E-state index in [0.717, 1.165) is 0 Å². The van der Waals surface area contributed by atoms with Gasteiger partial charge < -0.3 is 20.9 Å². The molecule has 0 atom stereocenters. The van der Waals surface area contributed by atoms with Gasteiger partial charge in [0.2, 0.25) is 0 Å². The molecule has 0 aliphatic rings. The molecule has 14 heavy (non-hydrogen) atoms. The van der Waals surface area contributed by atoms with Crippen molar-refractivity contribution >= 4 is 24.1 Å². The summed E-state index contributed by atoms with van der Waals surface area (Å²) in [7, 11) is 0. The predicted molar refractivity (Wildman–Crippen MR) is 43.3 cm³/mol. The van der Waals surface area contributed by atoms with E-state index in [-0.39, 0.29) is 12.8 Å². The quantitative estimate of drug-likeness (QED) is 0.244. The molecule has 0 aliphatic carbocycles. The van der Waals surface area contributed by atoms with Crippen LogP contribution in [0.1, 0.15) is 12.8 Å². The number of amides is 2. The Kier molecular flexibility index (Phi) is 4.68. The third-order valence-corrected chi connectivity index (χ3v) is 0.994. The fraction of sp³-hybridized carbons (Fsp3) is 0.333. The molecule has 0 radical (unpaired) electrons. The van der Waals surface area contributed by atoms with Gasteiger partial charge in [-0.1, -0.05) is 0 Å². The van der Waals surface area contributed by atoms with Gasteiger partial charge >= 0.3 is 18.2 Å². The first kappa shape index (κ1) is 11.9. The number of carbonyl (C=O) groups is 3. The Labute approximate surface area is 78.6 Å². The highest BCUT2D eigenvalue weighted by atomic mass is 16.6. The van der Waals surface area contributed by atoms with Crippen molar-refractivity contribution in [1.29, 1.82) is 5.41 Å². The summed E-state index contributed by atoms with van der Waals surface area (Å²) in [6, 6.07) is 0. The highest BCUT2D eigenvalue weighted by molar-refractivity contribution is 5.89. The third kappa shape index (κ3) is 6.58. The molecule has 0 aromatic carbocycles. The topological polar surface area (TPSA) is 146 Å². The normalized spacial score (nSPS) is 8.86. The van der Waals surface area contributed by atoms with Gasteiger partial charge in [-0.3, -0.25) is 10.2 Å². The molecule has 0 saturated heterocycles. The van der Waals surface area contributed by atoms with Gasteiger partial charge in [-0.2, -0.15) is 0 Å². The smallest absolute Gasteiger partial charge is 0.396 e. The summed E-state index contributed by atoms with van der Waals surface area (Å²) in [5.41, 5.74) is 9.13. The van der Waals surface area contributed by atoms with Gasteiger partial charge in [-0.25, -0.2) is 9.59 Å². The lowest BCUT2D eigenvalue weighted by Gasteiger charge is -2.01. The molecule has 0 spiro atoms. The van der Waals surface area contributed by atoms with Crippen molar-refractivity contribution in [3.63, 3.8) is 0 Å². The van der Waals surface area contributed by atoms with E-state index < -0.39 is 24.1 Å². The monoisotopic (exact) mass is 203 g/mol. The van der Waals surface area contributed by atoms with Crippen LogP contribution in [0.4, 0.5) is 9.59 Å². The maximum absolute atomic E-state index is 10.7. The number of ether oxygens (including phenoxy) is 2. The maximum atomic E-state index is 10.7. The molecule has 0 heterocycles. The lowest BCUT2D eigenvalue weighted by atomic mass is 10.3. The van der Waals surface area contributed by atoms with Gasteiger partial charge in [-0.15, -0.1) is 0 Å². The number of esters is 1. The lowest BCUT2D eigenvalue weighted by molar-refractivity contribution is -0.136. The van der Waals surface area contributed by atoms with E-state index in [4.69, 9.17) is 5.41 Å². The first-order valence-electron chi connectivity index (χ1n) is 3.46. The number of primary amides is 2. The first-order chi connectivity index (χ1) is 6.41. The fourth-order valence-electron chi connectivity index (χ4n) is 0.551. The standard InChI is InChI=1S/C6H9N3O5/c7-3(13-5(8)11)1-2-4(10)14-6(9)12/h7H,1-2H2,(H2,8,11)(H2,9,12). The van der Waals surface area contributed by atoms with E-state index in [1.807, 2.05) is 0 Å². The van der Waals surface area contributed by atoms with Crippen LogP contribution >= 0.6 is 0 Å². The summed E-state index contributed by atoms with van der Waals surface area (Å²) in [6.45, 7) is 0. The summed E-state index contributed by atoms with van der Waals surface area (Å²) < 4.78 is 8.04. The molecule has 0 unspecified atom stereocenters. The van der Waals surface area contributed by atoms with Crippen molar-refractivity contribution in [2.45, 2.75) is 12.8 Å². The van der Waals surface area contributed by atoms with Crippen LogP contribution in [0.15, 0.2) is 0 Å². The Morgan fingerprint density at radius 2 is 1.50 bits per heavy atom. The van der Waals surface area contributed by atoms with Gasteiger partial charge in [0.25, 0.3) is 0 Å². The van der Waals surface area contributed by atoms with Crippen molar-refractivity contribution in [3.8, 4) is 0 Å². The highest BCUT2D eigenvalue weighted by Gasteiger charge is 2.10. The average Bonchev–Trinajstić information content (AvgIpc) is 1.98. The minimum Gasteiger partial charge on any atom is -0.396 e. The number of hydrogen-bond donors (Lipinski definition) is 3. The second kappa shape index (κ2) is 5.51. The summed E-state index contributed by atoms with van der Waals surface area (Å²) in [5, 5.41) is 6.95. The Morgan fingerprint density at radius 3 is 1.93 bits per heavy atom. The summed E-state index contributed by atoms with van der Waals surface area (Å²) >= 11 is 0. The second-order valence-corrected chi connectivity index (χ2v) is 2.14. The highest BCUT2D eigenvalue weighted by Crippen LogP contribution is 1.96. The molecule has 8 nitrogen and oxygen atoms in total. The van der Waals surface area contributed by atoms with E-state index in [9.17, 15) is 14.4 Å². The maximum Gasteiger partial charge on any atom is 0.412 e. The zero-order valence-electron chi connectivity index (χ0n) is 7.11. The Bertz CT molecular complexity index is 247. The van der Waals surface area contributed by atoms with Gasteiger partial charge in [0, 0.05) is 6.42 Å². The largest absolute Gasteiger partial charge is 0.412 e. The van der Waals surface area contributed by atoms with Gasteiger partial charge in [-0.05, 0) is 0 Å². The third-order valence-electron chi connectivity index (χ3n) is 0.994. The number of nitrogens with two attached hydrogens (primary N) is 2. The summed E-state index contributed by atoms with van der Waals surface area (Å²) in [4.78, 5) is 30.8. The van der Waals surface area contributed by atoms with Crippen molar-refractivity contribution in [2.75, 3.05) is 0 Å². The lowest BCUT2D eigenvalue weighted by Crippen LogP contribution is -2.21. The van der Waals surface area contributed by atoms with Crippen LogP contribution in [0.2, 0.25) is 0 Å². The number of carbonyl (C=O) groups excluding carboxylic acids is 3. The van der Waals surface area contributed by atoms with Gasteiger partial charge in [0.05, 0.1) is 6.42 Å². The van der Waals surface area contributed by atoms with Crippen molar-refractivity contribution < 1.29 is 23.9 Å². The molecular weight excluding hydrogens is 194 g/mol. The minimum absolute atomic E-state index is 0.199. The van der Waals surface area contributed by atoms with Crippen molar-refractivity contribution in [1.82, 2.24) is 0 Å². The summed E-state index contributed by atoms with van der Waals surface area (Å²) in [6.07, 6.45) is -2.86. The molecule has 5 N–H and O–H groups in total. The minimum atomic E-state index is -1.22. The van der Waals surface area contributed by atoms with Crippen LogP contribution < -0.4 is 11.5 Å². The molecule has 0 bridgehead atoms. The second-order valence-electron chi connectivity index (χ2n) is 2.14. The van der Waals surface area contributed by atoms with Crippen LogP contribution in [0, 0.1) is 5.41 Å². The van der Waals surface area contributed by atoms with E-state index >= 15 is 0 Å². The Morgan fingerprint density at radius 1 is 1.00 bits per heavy atom. The number of rotatable bonds is 3. The van der Waals surface area contributed by atoms with E-state index in [2.05, 4.69) is 20.9 Å². The van der Waals surface area contributed by atoms with Crippen LogP contribution in [0.3, 0.4) is 0 Å². The molecule has 0 saturated carbocycles. The van der Waals surface area contributed by atoms with Crippen molar-refractivity contribution in [3.05, 3.63) is 0 Å². The molecule has 78 valence electrons. The number of hydrogen-bond acceptors (Lipinski definition) is 6. The Hall–Kier alpha value is -2.12. The molecule has 0 rings (SSSR count). The SMILES string of the molecule is N=C(CCC(=O)OC(N)=O)OC(N)=O. The molecule has 0 aromatic rings. The van der Waals surface area contributed by atoms with Crippen molar-refractivity contribution in [2.24, 2.45) is 11.5 Å². The van der Waals surface area contributed by atoms with E-state index in [1.54, 1.807) is 0 Å². The summed E-state index contributed by atoms with van der Waals surface area (Å²) in [5.74, 6) is -1.39. The molecule has 8 heteroatoms. The molecule has 0 aromatic heterocycles. The van der Waals surface area contributed by atoms with Crippen LogP contribution in [-0.2, 0) is 14.3 Å². The molecule has 2 amide bonds. The Balaban J connectivity index is 3.72. The van der Waals surface area contributed by atoms with Gasteiger partial charge in [0.15, 0.2) is 5.90 Å². The first-order valence-corrected chi connectivity index (χ1v) is 3.46. The fourth-order valence-corrected chi connectivity index (χ4v) is 0.551. The molecular formula is C6H9N3O5. The number of nitrogens with one attached hydrogen (secondary N) is 1. The van der Waals surface area contributed by atoms with E-state index in [0.29, 0.717) is 0 Å².